The first-order valence-electron chi connectivity index (χ1n) is 18.2. The highest BCUT2D eigenvalue weighted by atomic mass is 15.2. The van der Waals surface area contributed by atoms with Crippen molar-refractivity contribution in [2.45, 2.75) is 54.4 Å². The molecule has 4 aromatic carbocycles. The van der Waals surface area contributed by atoms with Crippen LogP contribution >= 0.6 is 0 Å². The summed E-state index contributed by atoms with van der Waals surface area (Å²) in [5, 5.41) is 29.5. The second-order valence-electron chi connectivity index (χ2n) is 14.2. The molecular formula is C46H44N8. The Morgan fingerprint density at radius 1 is 0.370 bits per heavy atom. The van der Waals surface area contributed by atoms with E-state index < -0.39 is 0 Å². The molecule has 8 nitrogen and oxygen atoms in total. The van der Waals surface area contributed by atoms with Crippen molar-refractivity contribution in [3.63, 3.8) is 0 Å². The van der Waals surface area contributed by atoms with Crippen LogP contribution in [0.15, 0.2) is 122 Å². The second-order valence-corrected chi connectivity index (χ2v) is 14.2. The van der Waals surface area contributed by atoms with E-state index in [1.54, 1.807) is 0 Å². The molecule has 0 fully saturated rings. The topological polar surface area (TPSA) is 101 Å². The number of fused-ring (bicyclic) bond motifs is 2. The maximum atomic E-state index is 4.55. The van der Waals surface area contributed by atoms with Crippen LogP contribution in [0.2, 0.25) is 0 Å². The standard InChI is InChI=1S/2C23H22N4/c1-15-4-5-20-21(13-15)22(14-18-6-8-24-9-7-18)26-27-23(20)25-19-11-16(2)10-17(3)12-19;1-15-4-5-20-21(13-15)23(25-19-11-16(2)10-17(3)12-19)27-26-22(20)14-18-6-8-24-9-7-18/h2*4-13H,14H2,1-3H3,(H,25,27). The Morgan fingerprint density at radius 3 is 1.26 bits per heavy atom. The third-order valence-electron chi connectivity index (χ3n) is 9.23. The van der Waals surface area contributed by atoms with Crippen molar-refractivity contribution in [3.8, 4) is 0 Å². The molecule has 0 radical (unpaired) electrons. The van der Waals surface area contributed by atoms with Gasteiger partial charge in [-0.25, -0.2) is 0 Å². The second kappa shape index (κ2) is 16.0. The zero-order valence-electron chi connectivity index (χ0n) is 31.6. The first kappa shape index (κ1) is 35.8. The van der Waals surface area contributed by atoms with Gasteiger partial charge in [-0.2, -0.15) is 10.2 Å². The fraction of sp³-hybridized carbons (Fsp3) is 0.174. The lowest BCUT2D eigenvalue weighted by Gasteiger charge is -2.13. The molecule has 0 unspecified atom stereocenters. The minimum Gasteiger partial charge on any atom is -0.338 e. The molecule has 2 N–H and O–H groups in total. The number of rotatable bonds is 8. The van der Waals surface area contributed by atoms with E-state index in [1.807, 2.05) is 49.1 Å². The van der Waals surface area contributed by atoms with Crippen LogP contribution in [0.4, 0.5) is 23.0 Å². The van der Waals surface area contributed by atoms with Gasteiger partial charge in [0.2, 0.25) is 0 Å². The zero-order chi connectivity index (χ0) is 37.6. The van der Waals surface area contributed by atoms with E-state index in [4.69, 9.17) is 0 Å². The van der Waals surface area contributed by atoms with E-state index in [-0.39, 0.29) is 0 Å². The Labute approximate surface area is 316 Å². The van der Waals surface area contributed by atoms with Crippen molar-refractivity contribution in [2.24, 2.45) is 0 Å². The molecule has 0 bridgehead atoms. The lowest BCUT2D eigenvalue weighted by Crippen LogP contribution is -2.03. The third kappa shape index (κ3) is 8.73. The molecular weight excluding hydrogens is 665 g/mol. The summed E-state index contributed by atoms with van der Waals surface area (Å²) in [6.45, 7) is 12.6. The van der Waals surface area contributed by atoms with Crippen molar-refractivity contribution in [3.05, 3.63) is 178 Å². The van der Waals surface area contributed by atoms with E-state index in [0.29, 0.717) is 0 Å². The highest BCUT2D eigenvalue weighted by Gasteiger charge is 2.13. The predicted molar refractivity (Wildman–Crippen MR) is 221 cm³/mol. The highest BCUT2D eigenvalue weighted by Crippen LogP contribution is 2.30. The van der Waals surface area contributed by atoms with Crippen molar-refractivity contribution in [2.75, 3.05) is 10.6 Å². The highest BCUT2D eigenvalue weighted by molar-refractivity contribution is 5.96. The number of aromatic nitrogens is 6. The molecule has 0 aliphatic heterocycles. The monoisotopic (exact) mass is 708 g/mol. The lowest BCUT2D eigenvalue weighted by molar-refractivity contribution is 0.960. The van der Waals surface area contributed by atoms with Crippen LogP contribution in [0.5, 0.6) is 0 Å². The molecule has 0 aliphatic rings. The minimum atomic E-state index is 0.735. The fourth-order valence-corrected chi connectivity index (χ4v) is 6.85. The summed E-state index contributed by atoms with van der Waals surface area (Å²) in [7, 11) is 0. The first-order chi connectivity index (χ1) is 26.2. The Hall–Kier alpha value is -6.54. The number of nitrogens with zero attached hydrogens (tertiary/aromatic N) is 6. The summed E-state index contributed by atoms with van der Waals surface area (Å²) < 4.78 is 0. The molecule has 8 rings (SSSR count). The van der Waals surface area contributed by atoms with Crippen LogP contribution in [0, 0.1) is 41.5 Å². The Bertz CT molecular complexity index is 2530. The Morgan fingerprint density at radius 2 is 0.778 bits per heavy atom. The van der Waals surface area contributed by atoms with E-state index >= 15 is 0 Å². The molecule has 54 heavy (non-hydrogen) atoms. The minimum absolute atomic E-state index is 0.735. The normalized spacial score (nSPS) is 10.9. The van der Waals surface area contributed by atoms with Gasteiger partial charge in [0, 0.05) is 70.5 Å². The smallest absolute Gasteiger partial charge is 0.160 e. The van der Waals surface area contributed by atoms with Crippen LogP contribution < -0.4 is 10.6 Å². The summed E-state index contributed by atoms with van der Waals surface area (Å²) in [6, 6.07) is 33.8. The van der Waals surface area contributed by atoms with Crippen LogP contribution in [0.1, 0.15) is 55.9 Å². The van der Waals surface area contributed by atoms with Gasteiger partial charge < -0.3 is 10.6 Å². The van der Waals surface area contributed by atoms with Crippen molar-refractivity contribution in [1.29, 1.82) is 0 Å². The number of pyridine rings is 2. The number of anilines is 4. The van der Waals surface area contributed by atoms with Crippen molar-refractivity contribution in [1.82, 2.24) is 30.4 Å². The summed E-state index contributed by atoms with van der Waals surface area (Å²) >= 11 is 0. The Kier molecular flexibility index (Phi) is 10.6. The van der Waals surface area contributed by atoms with Gasteiger partial charge in [0.15, 0.2) is 11.6 Å². The molecule has 8 heteroatoms. The van der Waals surface area contributed by atoms with Gasteiger partial charge >= 0.3 is 0 Å². The van der Waals surface area contributed by atoms with E-state index in [1.165, 1.54) is 44.5 Å². The predicted octanol–water partition coefficient (Wildman–Crippen LogP) is 10.6. The van der Waals surface area contributed by atoms with Crippen LogP contribution in [-0.2, 0) is 12.8 Å². The molecule has 4 heterocycles. The lowest BCUT2D eigenvalue weighted by atomic mass is 10.0. The van der Waals surface area contributed by atoms with E-state index in [9.17, 15) is 0 Å². The zero-order valence-corrected chi connectivity index (χ0v) is 31.6. The van der Waals surface area contributed by atoms with Gasteiger partial charge in [0.1, 0.15) is 0 Å². The van der Waals surface area contributed by atoms with Crippen molar-refractivity contribution < 1.29 is 0 Å². The average Bonchev–Trinajstić information content (AvgIpc) is 3.14. The van der Waals surface area contributed by atoms with Crippen LogP contribution in [0.3, 0.4) is 0 Å². The molecule has 0 saturated carbocycles. The van der Waals surface area contributed by atoms with Gasteiger partial charge in [-0.15, -0.1) is 10.2 Å². The molecule has 4 aromatic heterocycles. The third-order valence-corrected chi connectivity index (χ3v) is 9.23. The van der Waals surface area contributed by atoms with Gasteiger partial charge in [-0.3, -0.25) is 9.97 Å². The maximum Gasteiger partial charge on any atom is 0.160 e. The number of aryl methyl sites for hydroxylation is 6. The van der Waals surface area contributed by atoms with Crippen LogP contribution in [0.25, 0.3) is 21.5 Å². The number of hydrogen-bond donors (Lipinski definition) is 2. The van der Waals surface area contributed by atoms with Gasteiger partial charge in [0.25, 0.3) is 0 Å². The van der Waals surface area contributed by atoms with E-state index in [0.717, 1.165) is 68.8 Å². The van der Waals surface area contributed by atoms with Gasteiger partial charge in [0.05, 0.1) is 11.4 Å². The molecule has 0 aliphatic carbocycles. The first-order valence-corrected chi connectivity index (χ1v) is 18.2. The van der Waals surface area contributed by atoms with Crippen LogP contribution in [-0.4, -0.2) is 30.4 Å². The maximum absolute atomic E-state index is 4.55. The summed E-state index contributed by atoms with van der Waals surface area (Å²) in [4.78, 5) is 8.18. The average molecular weight is 709 g/mol. The molecule has 8 aromatic rings. The summed E-state index contributed by atoms with van der Waals surface area (Å²) in [6.07, 6.45) is 8.72. The quantitative estimate of drug-likeness (QED) is 0.161. The number of nitrogens with one attached hydrogen (secondary N) is 2. The number of benzene rings is 4. The van der Waals surface area contributed by atoms with Gasteiger partial charge in [-0.1, -0.05) is 47.5 Å². The fourth-order valence-electron chi connectivity index (χ4n) is 6.85. The summed E-state index contributed by atoms with van der Waals surface area (Å²) in [5.74, 6) is 1.57. The molecule has 0 amide bonds. The molecule has 0 atom stereocenters. The van der Waals surface area contributed by atoms with Gasteiger partial charge in [-0.05, 0) is 136 Å². The number of hydrogen-bond acceptors (Lipinski definition) is 8. The van der Waals surface area contributed by atoms with E-state index in [2.05, 4.69) is 155 Å². The Balaban J connectivity index is 0.000000167. The largest absolute Gasteiger partial charge is 0.338 e. The molecule has 0 spiro atoms. The molecule has 0 saturated heterocycles. The summed E-state index contributed by atoms with van der Waals surface area (Å²) in [5.41, 5.74) is 13.7. The molecule has 268 valence electrons. The van der Waals surface area contributed by atoms with Crippen molar-refractivity contribution >= 4 is 44.6 Å². The SMILES string of the molecule is Cc1cc(C)cc(Nc2nnc(Cc3ccncc3)c3cc(C)ccc23)c1.Cc1cc(C)cc(Nc2nnc(Cc3ccncc3)c3ccc(C)cc23)c1.